The van der Waals surface area contributed by atoms with Crippen molar-refractivity contribution in [2.75, 3.05) is 0 Å². The lowest BCUT2D eigenvalue weighted by Crippen LogP contribution is -2.20. The molecule has 0 atom stereocenters. The highest BCUT2D eigenvalue weighted by atomic mass is 16.6. The molecule has 0 unspecified atom stereocenters. The molecule has 1 aliphatic carbocycles. The number of hydrazone groups is 1. The summed E-state index contributed by atoms with van der Waals surface area (Å²) in [4.78, 5) is 31.8. The second-order valence-electron chi connectivity index (χ2n) is 8.37. The number of hydrogen-bond donors (Lipinski definition) is 2. The normalized spacial score (nSPS) is 14.8. The average Bonchev–Trinajstić information content (AvgIpc) is 3.23. The maximum Gasteiger partial charge on any atom is 0.289 e. The van der Waals surface area contributed by atoms with Crippen molar-refractivity contribution < 1.29 is 9.72 Å². The minimum absolute atomic E-state index is 0.0366. The van der Waals surface area contributed by atoms with Crippen LogP contribution in [0.15, 0.2) is 59.7 Å². The molecule has 33 heavy (non-hydrogen) atoms. The number of non-ortho nitro benzene ring substituents is 1. The van der Waals surface area contributed by atoms with Gasteiger partial charge in [-0.05, 0) is 30.9 Å². The molecular formula is C25H23N5O3. The predicted molar refractivity (Wildman–Crippen MR) is 128 cm³/mol. The zero-order valence-corrected chi connectivity index (χ0v) is 18.0. The lowest BCUT2D eigenvalue weighted by atomic mass is 9.90. The number of fused-ring (bicyclic) bond motifs is 3. The Kier molecular flexibility index (Phi) is 5.56. The lowest BCUT2D eigenvalue weighted by Gasteiger charge is -2.16. The fourth-order valence-corrected chi connectivity index (χ4v) is 4.48. The summed E-state index contributed by atoms with van der Waals surface area (Å²) in [6.07, 6.45) is 7.64. The largest absolute Gasteiger partial charge is 0.353 e. The highest BCUT2D eigenvalue weighted by Gasteiger charge is 2.18. The van der Waals surface area contributed by atoms with Crippen molar-refractivity contribution in [2.45, 2.75) is 32.1 Å². The topological polar surface area (TPSA) is 113 Å². The highest BCUT2D eigenvalue weighted by molar-refractivity contribution is 6.13. The number of carbonyl (C=O) groups is 1. The number of aromatic amines is 1. The summed E-state index contributed by atoms with van der Waals surface area (Å²) in [6, 6.07) is 15.8. The summed E-state index contributed by atoms with van der Waals surface area (Å²) in [5, 5.41) is 17.3. The minimum Gasteiger partial charge on any atom is -0.353 e. The van der Waals surface area contributed by atoms with Crippen molar-refractivity contribution in [1.29, 1.82) is 0 Å². The Hall–Kier alpha value is -4.07. The monoisotopic (exact) mass is 441 g/mol. The van der Waals surface area contributed by atoms with E-state index in [1.54, 1.807) is 18.2 Å². The van der Waals surface area contributed by atoms with Crippen molar-refractivity contribution in [3.05, 3.63) is 70.4 Å². The van der Waals surface area contributed by atoms with Crippen molar-refractivity contribution in [1.82, 2.24) is 15.4 Å². The third kappa shape index (κ3) is 4.19. The van der Waals surface area contributed by atoms with Crippen LogP contribution in [-0.2, 0) is 0 Å². The van der Waals surface area contributed by atoms with E-state index in [1.165, 1.54) is 31.4 Å². The average molecular weight is 441 g/mol. The SMILES string of the molecule is O=C(N/N=C/C1CCCCC1)c1cc2c([nH]c3ccccc32)c(-c2cccc([N+](=O)[O-])c2)n1. The first kappa shape index (κ1) is 20.8. The number of benzene rings is 2. The Morgan fingerprint density at radius 1 is 1.09 bits per heavy atom. The number of hydrogen-bond acceptors (Lipinski definition) is 5. The molecule has 8 nitrogen and oxygen atoms in total. The van der Waals surface area contributed by atoms with E-state index >= 15 is 0 Å². The molecule has 1 amide bonds. The zero-order chi connectivity index (χ0) is 22.8. The lowest BCUT2D eigenvalue weighted by molar-refractivity contribution is -0.384. The number of nitro groups is 1. The Bertz CT molecular complexity index is 1390. The van der Waals surface area contributed by atoms with Crippen molar-refractivity contribution >= 4 is 39.6 Å². The number of carbonyl (C=O) groups excluding carboxylic acids is 1. The molecule has 1 saturated carbocycles. The summed E-state index contributed by atoms with van der Waals surface area (Å²) >= 11 is 0. The van der Waals surface area contributed by atoms with Crippen molar-refractivity contribution in [2.24, 2.45) is 11.0 Å². The standard InChI is InChI=1S/C25H23N5O3/c31-25(29-26-15-16-7-2-1-3-8-16)22-14-20-19-11-4-5-12-21(19)27-24(20)23(28-22)17-9-6-10-18(13-17)30(32)33/h4-6,9-16,27H,1-3,7-8H2,(H,29,31)/b26-15+. The molecule has 0 saturated heterocycles. The molecule has 0 bridgehead atoms. The van der Waals surface area contributed by atoms with Crippen LogP contribution in [0, 0.1) is 16.0 Å². The van der Waals surface area contributed by atoms with Crippen LogP contribution in [0.5, 0.6) is 0 Å². The minimum atomic E-state index is -0.442. The van der Waals surface area contributed by atoms with Gasteiger partial charge in [-0.3, -0.25) is 14.9 Å². The Balaban J connectivity index is 1.57. The third-order valence-corrected chi connectivity index (χ3v) is 6.16. The Morgan fingerprint density at radius 3 is 2.73 bits per heavy atom. The van der Waals surface area contributed by atoms with Gasteiger partial charge in [-0.1, -0.05) is 49.6 Å². The van der Waals surface area contributed by atoms with E-state index in [4.69, 9.17) is 0 Å². The second-order valence-corrected chi connectivity index (χ2v) is 8.37. The summed E-state index contributed by atoms with van der Waals surface area (Å²) in [5.41, 5.74) is 5.43. The first-order chi connectivity index (χ1) is 16.1. The third-order valence-electron chi connectivity index (χ3n) is 6.16. The van der Waals surface area contributed by atoms with Crippen LogP contribution >= 0.6 is 0 Å². The molecular weight excluding hydrogens is 418 g/mol. The van der Waals surface area contributed by atoms with Gasteiger partial charge in [0.25, 0.3) is 11.6 Å². The van der Waals surface area contributed by atoms with E-state index in [1.807, 2.05) is 30.5 Å². The second kappa shape index (κ2) is 8.82. The molecule has 5 rings (SSSR count). The predicted octanol–water partition coefficient (Wildman–Crippen LogP) is 5.59. The number of pyridine rings is 1. The molecule has 1 aliphatic rings. The molecule has 2 aromatic heterocycles. The Morgan fingerprint density at radius 2 is 1.91 bits per heavy atom. The van der Waals surface area contributed by atoms with E-state index in [0.29, 0.717) is 17.2 Å². The van der Waals surface area contributed by atoms with Crippen LogP contribution in [0.2, 0.25) is 0 Å². The van der Waals surface area contributed by atoms with Gasteiger partial charge in [-0.15, -0.1) is 0 Å². The number of rotatable bonds is 5. The summed E-state index contributed by atoms with van der Waals surface area (Å²) in [5.74, 6) is -0.0237. The Labute approximate surface area is 189 Å². The van der Waals surface area contributed by atoms with Gasteiger partial charge in [0.05, 0.1) is 16.1 Å². The molecule has 8 heteroatoms. The summed E-state index contributed by atoms with van der Waals surface area (Å²) in [7, 11) is 0. The highest BCUT2D eigenvalue weighted by Crippen LogP contribution is 2.33. The number of nitrogens with zero attached hydrogens (tertiary/aromatic N) is 3. The van der Waals surface area contributed by atoms with E-state index in [9.17, 15) is 14.9 Å². The maximum absolute atomic E-state index is 12.9. The van der Waals surface area contributed by atoms with Gasteiger partial charge < -0.3 is 4.98 Å². The molecule has 2 N–H and O–H groups in total. The fourth-order valence-electron chi connectivity index (χ4n) is 4.48. The van der Waals surface area contributed by atoms with Gasteiger partial charge in [0.15, 0.2) is 0 Å². The fraction of sp³-hybridized carbons (Fsp3) is 0.240. The van der Waals surface area contributed by atoms with Crippen LogP contribution in [0.4, 0.5) is 5.69 Å². The van der Waals surface area contributed by atoms with Gasteiger partial charge >= 0.3 is 0 Å². The molecule has 0 spiro atoms. The van der Waals surface area contributed by atoms with E-state index in [-0.39, 0.29) is 11.4 Å². The smallest absolute Gasteiger partial charge is 0.289 e. The summed E-state index contributed by atoms with van der Waals surface area (Å²) < 4.78 is 0. The summed E-state index contributed by atoms with van der Waals surface area (Å²) in [6.45, 7) is 0. The first-order valence-electron chi connectivity index (χ1n) is 11.1. The van der Waals surface area contributed by atoms with Gasteiger partial charge in [0.1, 0.15) is 5.69 Å². The number of amides is 1. The zero-order valence-electron chi connectivity index (χ0n) is 18.0. The first-order valence-corrected chi connectivity index (χ1v) is 11.1. The van der Waals surface area contributed by atoms with Gasteiger partial charge in [-0.25, -0.2) is 10.4 Å². The number of nitro benzene ring substituents is 1. The quantitative estimate of drug-likeness (QED) is 0.239. The number of aromatic nitrogens is 2. The van der Waals surface area contributed by atoms with Crippen LogP contribution < -0.4 is 5.43 Å². The van der Waals surface area contributed by atoms with Crippen LogP contribution in [0.3, 0.4) is 0 Å². The van der Waals surface area contributed by atoms with Crippen molar-refractivity contribution in [3.63, 3.8) is 0 Å². The molecule has 0 radical (unpaired) electrons. The van der Waals surface area contributed by atoms with Crippen LogP contribution in [-0.4, -0.2) is 27.0 Å². The van der Waals surface area contributed by atoms with Gasteiger partial charge in [-0.2, -0.15) is 5.10 Å². The van der Waals surface area contributed by atoms with Crippen LogP contribution in [0.1, 0.15) is 42.6 Å². The number of para-hydroxylation sites is 1. The number of H-pyrrole nitrogens is 1. The van der Waals surface area contributed by atoms with E-state index in [2.05, 4.69) is 20.5 Å². The van der Waals surface area contributed by atoms with E-state index < -0.39 is 10.8 Å². The molecule has 166 valence electrons. The van der Waals surface area contributed by atoms with Crippen molar-refractivity contribution in [3.8, 4) is 11.3 Å². The van der Waals surface area contributed by atoms with E-state index in [0.717, 1.165) is 34.6 Å². The van der Waals surface area contributed by atoms with Gasteiger partial charge in [0.2, 0.25) is 0 Å². The van der Waals surface area contributed by atoms with Crippen LogP contribution in [0.25, 0.3) is 33.1 Å². The molecule has 0 aliphatic heterocycles. The molecule has 2 aromatic carbocycles. The maximum atomic E-state index is 12.9. The number of nitrogens with one attached hydrogen (secondary N) is 2. The molecule has 2 heterocycles. The molecule has 4 aromatic rings. The molecule has 1 fully saturated rings. The van der Waals surface area contributed by atoms with Gasteiger partial charge in [0, 0.05) is 40.2 Å².